The maximum Gasteiger partial charge on any atom is 0.283 e. The SMILES string of the molecule is C[C@@H](/C=N\Nc1nn[nH]n1)c1ccccc1. The number of hydrogen-bond donors (Lipinski definition) is 2. The van der Waals surface area contributed by atoms with Gasteiger partial charge < -0.3 is 0 Å². The Balaban J connectivity index is 1.92. The van der Waals surface area contributed by atoms with Gasteiger partial charge in [0.15, 0.2) is 0 Å². The molecule has 0 saturated heterocycles. The minimum absolute atomic E-state index is 0.237. The number of aromatic amines is 1. The summed E-state index contributed by atoms with van der Waals surface area (Å²) in [5.41, 5.74) is 3.89. The molecule has 1 heterocycles. The monoisotopic (exact) mass is 216 g/mol. The fourth-order valence-corrected chi connectivity index (χ4v) is 1.26. The fraction of sp³-hybridized carbons (Fsp3) is 0.200. The van der Waals surface area contributed by atoms with Crippen LogP contribution in [0.15, 0.2) is 35.4 Å². The van der Waals surface area contributed by atoms with Gasteiger partial charge in [-0.3, -0.25) is 0 Å². The van der Waals surface area contributed by atoms with Crippen LogP contribution in [0.25, 0.3) is 0 Å². The van der Waals surface area contributed by atoms with E-state index in [-0.39, 0.29) is 5.92 Å². The van der Waals surface area contributed by atoms with Crippen LogP contribution < -0.4 is 5.43 Å². The topological polar surface area (TPSA) is 78.9 Å². The van der Waals surface area contributed by atoms with Crippen molar-refractivity contribution in [1.82, 2.24) is 20.6 Å². The largest absolute Gasteiger partial charge is 0.283 e. The molecule has 82 valence electrons. The maximum atomic E-state index is 4.03. The summed E-state index contributed by atoms with van der Waals surface area (Å²) in [6, 6.07) is 10.1. The molecule has 0 unspecified atom stereocenters. The van der Waals surface area contributed by atoms with Crippen LogP contribution in [-0.4, -0.2) is 26.8 Å². The summed E-state index contributed by atoms with van der Waals surface area (Å²) in [6.07, 6.45) is 1.80. The van der Waals surface area contributed by atoms with Crippen molar-refractivity contribution in [3.63, 3.8) is 0 Å². The molecule has 6 nitrogen and oxygen atoms in total. The highest BCUT2D eigenvalue weighted by atomic mass is 15.5. The van der Waals surface area contributed by atoms with Crippen molar-refractivity contribution in [3.05, 3.63) is 35.9 Å². The minimum atomic E-state index is 0.237. The number of hydrazone groups is 1. The lowest BCUT2D eigenvalue weighted by molar-refractivity contribution is 0.881. The van der Waals surface area contributed by atoms with E-state index in [9.17, 15) is 0 Å². The van der Waals surface area contributed by atoms with Crippen molar-refractivity contribution in [3.8, 4) is 0 Å². The second-order valence-electron chi connectivity index (χ2n) is 3.32. The third-order valence-corrected chi connectivity index (χ3v) is 2.13. The van der Waals surface area contributed by atoms with Crippen LogP contribution in [0.3, 0.4) is 0 Å². The Hall–Kier alpha value is -2.24. The number of aromatic nitrogens is 4. The van der Waals surface area contributed by atoms with E-state index in [0.717, 1.165) is 0 Å². The van der Waals surface area contributed by atoms with Crippen molar-refractivity contribution in [2.24, 2.45) is 5.10 Å². The summed E-state index contributed by atoms with van der Waals surface area (Å²) >= 11 is 0. The van der Waals surface area contributed by atoms with E-state index in [2.05, 4.69) is 50.2 Å². The molecule has 1 atom stereocenters. The molecule has 16 heavy (non-hydrogen) atoms. The highest BCUT2D eigenvalue weighted by Gasteiger charge is 2.00. The molecule has 0 amide bonds. The van der Waals surface area contributed by atoms with Crippen LogP contribution in [0, 0.1) is 0 Å². The van der Waals surface area contributed by atoms with Gasteiger partial charge in [-0.05, 0) is 10.8 Å². The van der Waals surface area contributed by atoms with Crippen molar-refractivity contribution in [2.45, 2.75) is 12.8 Å². The Morgan fingerprint density at radius 3 is 2.88 bits per heavy atom. The summed E-state index contributed by atoms with van der Waals surface area (Å²) in [7, 11) is 0. The van der Waals surface area contributed by atoms with Gasteiger partial charge in [-0.15, -0.1) is 5.10 Å². The van der Waals surface area contributed by atoms with E-state index in [0.29, 0.717) is 5.95 Å². The minimum Gasteiger partial charge on any atom is -0.243 e. The van der Waals surface area contributed by atoms with E-state index in [1.165, 1.54) is 5.56 Å². The standard InChI is InChI=1S/C10H12N6/c1-8(9-5-3-2-4-6-9)7-11-12-10-13-15-16-14-10/h2-8H,1H3,(H2,12,13,14,15,16)/b11-7-/t8-/m0/s1. The van der Waals surface area contributed by atoms with Gasteiger partial charge in [-0.25, -0.2) is 5.43 Å². The van der Waals surface area contributed by atoms with E-state index >= 15 is 0 Å². The molecule has 1 aromatic heterocycles. The molecule has 0 spiro atoms. The Labute approximate surface area is 92.8 Å². The van der Waals surface area contributed by atoms with E-state index in [1.807, 2.05) is 18.2 Å². The van der Waals surface area contributed by atoms with Crippen LogP contribution >= 0.6 is 0 Å². The number of anilines is 1. The number of hydrogen-bond acceptors (Lipinski definition) is 5. The summed E-state index contributed by atoms with van der Waals surface area (Å²) in [5, 5.41) is 17.2. The summed E-state index contributed by atoms with van der Waals surface area (Å²) in [6.45, 7) is 2.07. The van der Waals surface area contributed by atoms with Gasteiger partial charge >= 0.3 is 0 Å². The van der Waals surface area contributed by atoms with Gasteiger partial charge in [-0.2, -0.15) is 10.3 Å². The first-order valence-corrected chi connectivity index (χ1v) is 4.94. The average molecular weight is 216 g/mol. The Kier molecular flexibility index (Phi) is 3.22. The Bertz CT molecular complexity index is 436. The zero-order valence-electron chi connectivity index (χ0n) is 8.83. The first-order chi connectivity index (χ1) is 7.86. The molecule has 1 aromatic carbocycles. The van der Waals surface area contributed by atoms with Gasteiger partial charge in [0.25, 0.3) is 5.95 Å². The molecule has 2 rings (SSSR count). The third kappa shape index (κ3) is 2.63. The summed E-state index contributed by atoms with van der Waals surface area (Å²) in [4.78, 5) is 0. The lowest BCUT2D eigenvalue weighted by Crippen LogP contribution is -1.98. The highest BCUT2D eigenvalue weighted by Crippen LogP contribution is 2.11. The number of benzene rings is 1. The molecule has 6 heteroatoms. The Morgan fingerprint density at radius 2 is 2.19 bits per heavy atom. The van der Waals surface area contributed by atoms with Crippen molar-refractivity contribution < 1.29 is 0 Å². The molecule has 0 saturated carbocycles. The molecule has 0 aliphatic carbocycles. The molecule has 0 aliphatic heterocycles. The van der Waals surface area contributed by atoms with Gasteiger partial charge in [-0.1, -0.05) is 42.4 Å². The summed E-state index contributed by atoms with van der Waals surface area (Å²) in [5.74, 6) is 0.595. The molecule has 2 N–H and O–H groups in total. The molecular formula is C10H12N6. The molecule has 2 aromatic rings. The predicted molar refractivity (Wildman–Crippen MR) is 61.1 cm³/mol. The maximum absolute atomic E-state index is 4.03. The number of nitrogens with one attached hydrogen (secondary N) is 2. The molecular weight excluding hydrogens is 204 g/mol. The fourth-order valence-electron chi connectivity index (χ4n) is 1.26. The van der Waals surface area contributed by atoms with Crippen molar-refractivity contribution >= 4 is 12.2 Å². The zero-order chi connectivity index (χ0) is 11.2. The quantitative estimate of drug-likeness (QED) is 0.598. The van der Waals surface area contributed by atoms with Crippen LogP contribution in [0.4, 0.5) is 5.95 Å². The Morgan fingerprint density at radius 1 is 1.38 bits per heavy atom. The predicted octanol–water partition coefficient (Wildman–Crippen LogP) is 1.40. The number of tetrazole rings is 1. The van der Waals surface area contributed by atoms with E-state index in [1.54, 1.807) is 6.21 Å². The summed E-state index contributed by atoms with van der Waals surface area (Å²) < 4.78 is 0. The van der Waals surface area contributed by atoms with Crippen molar-refractivity contribution in [1.29, 1.82) is 0 Å². The van der Waals surface area contributed by atoms with Gasteiger partial charge in [0.05, 0.1) is 0 Å². The lowest BCUT2D eigenvalue weighted by Gasteiger charge is -2.04. The van der Waals surface area contributed by atoms with Crippen LogP contribution in [0.1, 0.15) is 18.4 Å². The third-order valence-electron chi connectivity index (χ3n) is 2.13. The second kappa shape index (κ2) is 5.01. The molecule has 0 radical (unpaired) electrons. The van der Waals surface area contributed by atoms with E-state index in [4.69, 9.17) is 0 Å². The molecule has 0 fully saturated rings. The normalized spacial score (nSPS) is 12.8. The lowest BCUT2D eigenvalue weighted by atomic mass is 10.0. The zero-order valence-corrected chi connectivity index (χ0v) is 8.83. The smallest absolute Gasteiger partial charge is 0.243 e. The number of H-pyrrole nitrogens is 1. The van der Waals surface area contributed by atoms with E-state index < -0.39 is 0 Å². The first-order valence-electron chi connectivity index (χ1n) is 4.94. The van der Waals surface area contributed by atoms with Gasteiger partial charge in [0, 0.05) is 12.1 Å². The molecule has 0 aliphatic rings. The highest BCUT2D eigenvalue weighted by molar-refractivity contribution is 5.67. The van der Waals surface area contributed by atoms with Crippen LogP contribution in [0.5, 0.6) is 0 Å². The number of rotatable bonds is 4. The van der Waals surface area contributed by atoms with Gasteiger partial charge in [0.1, 0.15) is 0 Å². The average Bonchev–Trinajstić information content (AvgIpc) is 2.83. The first kappa shape index (κ1) is 10.3. The van der Waals surface area contributed by atoms with Crippen LogP contribution in [-0.2, 0) is 0 Å². The number of nitrogens with zero attached hydrogens (tertiary/aromatic N) is 4. The van der Waals surface area contributed by atoms with Crippen molar-refractivity contribution in [2.75, 3.05) is 5.43 Å². The van der Waals surface area contributed by atoms with Gasteiger partial charge in [0.2, 0.25) is 0 Å². The second-order valence-corrected chi connectivity index (χ2v) is 3.32. The van der Waals surface area contributed by atoms with Crippen LogP contribution in [0.2, 0.25) is 0 Å². The molecule has 0 bridgehead atoms.